The lowest BCUT2D eigenvalue weighted by molar-refractivity contribution is -0.148. The van der Waals surface area contributed by atoms with E-state index in [9.17, 15) is 9.90 Å². The van der Waals surface area contributed by atoms with Crippen LogP contribution in [0.1, 0.15) is 32.6 Å². The van der Waals surface area contributed by atoms with E-state index in [0.717, 1.165) is 19.4 Å². The molecule has 0 aromatic carbocycles. The van der Waals surface area contributed by atoms with Gasteiger partial charge in [-0.1, -0.05) is 12.8 Å². The van der Waals surface area contributed by atoms with E-state index >= 15 is 0 Å². The lowest BCUT2D eigenvalue weighted by Crippen LogP contribution is -2.62. The number of aliphatic hydroxyl groups is 1. The van der Waals surface area contributed by atoms with Crippen molar-refractivity contribution >= 4 is 5.91 Å². The zero-order valence-electron chi connectivity index (χ0n) is 10.2. The van der Waals surface area contributed by atoms with Crippen LogP contribution in [0.3, 0.4) is 0 Å². The van der Waals surface area contributed by atoms with Crippen molar-refractivity contribution in [1.29, 1.82) is 0 Å². The minimum Gasteiger partial charge on any atom is -0.394 e. The predicted octanol–water partition coefficient (Wildman–Crippen LogP) is 0.452. The van der Waals surface area contributed by atoms with E-state index < -0.39 is 0 Å². The van der Waals surface area contributed by atoms with Gasteiger partial charge in [0.15, 0.2) is 0 Å². The Bertz CT molecular complexity index is 264. The van der Waals surface area contributed by atoms with Crippen molar-refractivity contribution in [3.63, 3.8) is 0 Å². The van der Waals surface area contributed by atoms with Crippen molar-refractivity contribution in [2.24, 2.45) is 0 Å². The molecule has 0 bridgehead atoms. The van der Waals surface area contributed by atoms with Crippen LogP contribution >= 0.6 is 0 Å². The summed E-state index contributed by atoms with van der Waals surface area (Å²) in [6.45, 7) is 2.87. The van der Waals surface area contributed by atoms with Gasteiger partial charge in [0.05, 0.1) is 6.61 Å². The molecule has 1 saturated heterocycles. The molecule has 2 aliphatic rings. The molecule has 92 valence electrons. The van der Waals surface area contributed by atoms with Crippen LogP contribution in [0.25, 0.3) is 0 Å². The lowest BCUT2D eigenvalue weighted by atomic mass is 10.0. The zero-order valence-corrected chi connectivity index (χ0v) is 10.2. The Labute approximate surface area is 97.2 Å². The first-order valence-electron chi connectivity index (χ1n) is 6.28. The third-order valence-electron chi connectivity index (χ3n) is 4.15. The summed E-state index contributed by atoms with van der Waals surface area (Å²) in [4.78, 5) is 16.2. The molecule has 0 spiro atoms. The molecule has 2 unspecified atom stereocenters. The smallest absolute Gasteiger partial charge is 0.242 e. The molecule has 4 nitrogen and oxygen atoms in total. The van der Waals surface area contributed by atoms with Gasteiger partial charge in [-0.2, -0.15) is 0 Å². The van der Waals surface area contributed by atoms with Gasteiger partial charge in [0.1, 0.15) is 6.04 Å². The standard InChI is InChI=1S/C12H22N2O2/c1-9-7-14(10-5-3-4-6-10)12(16)11(8-15)13(9)2/h9-11,15H,3-8H2,1-2H3. The van der Waals surface area contributed by atoms with Gasteiger partial charge in [-0.3, -0.25) is 9.69 Å². The number of piperazine rings is 1. The SMILES string of the molecule is CC1CN(C2CCCC2)C(=O)C(CO)N1C. The first kappa shape index (κ1) is 11.9. The van der Waals surface area contributed by atoms with Crippen molar-refractivity contribution in [3.8, 4) is 0 Å². The molecule has 2 fully saturated rings. The predicted molar refractivity (Wildman–Crippen MR) is 62.1 cm³/mol. The Morgan fingerprint density at radius 2 is 2.00 bits per heavy atom. The van der Waals surface area contributed by atoms with Crippen molar-refractivity contribution in [2.45, 2.75) is 50.7 Å². The summed E-state index contributed by atoms with van der Waals surface area (Å²) in [6, 6.07) is 0.442. The van der Waals surface area contributed by atoms with Crippen LogP contribution in [0, 0.1) is 0 Å². The third-order valence-corrected chi connectivity index (χ3v) is 4.15. The molecule has 1 heterocycles. The average molecular weight is 226 g/mol. The van der Waals surface area contributed by atoms with Gasteiger partial charge in [0.2, 0.25) is 5.91 Å². The molecule has 1 amide bonds. The maximum Gasteiger partial charge on any atom is 0.242 e. The van der Waals surface area contributed by atoms with Crippen LogP contribution < -0.4 is 0 Å². The summed E-state index contributed by atoms with van der Waals surface area (Å²) in [5, 5.41) is 9.32. The van der Waals surface area contributed by atoms with E-state index in [-0.39, 0.29) is 18.6 Å². The number of hydrogen-bond donors (Lipinski definition) is 1. The molecule has 1 aliphatic heterocycles. The van der Waals surface area contributed by atoms with Crippen LogP contribution in [-0.2, 0) is 4.79 Å². The quantitative estimate of drug-likeness (QED) is 0.743. The molecule has 2 rings (SSSR count). The summed E-state index contributed by atoms with van der Waals surface area (Å²) in [6.07, 6.45) is 4.76. The third kappa shape index (κ3) is 1.96. The second kappa shape index (κ2) is 4.72. The molecular formula is C12H22N2O2. The summed E-state index contributed by atoms with van der Waals surface area (Å²) < 4.78 is 0. The number of aliphatic hydroxyl groups excluding tert-OH is 1. The Morgan fingerprint density at radius 1 is 1.38 bits per heavy atom. The van der Waals surface area contributed by atoms with Crippen molar-refractivity contribution in [2.75, 3.05) is 20.2 Å². The average Bonchev–Trinajstić information content (AvgIpc) is 2.77. The van der Waals surface area contributed by atoms with Gasteiger partial charge < -0.3 is 10.0 Å². The molecule has 16 heavy (non-hydrogen) atoms. The van der Waals surface area contributed by atoms with E-state index in [2.05, 4.69) is 6.92 Å². The summed E-state index contributed by atoms with van der Waals surface area (Å²) in [5.41, 5.74) is 0. The van der Waals surface area contributed by atoms with Crippen LogP contribution in [-0.4, -0.2) is 59.1 Å². The fraction of sp³-hybridized carbons (Fsp3) is 0.917. The fourth-order valence-corrected chi connectivity index (χ4v) is 2.93. The van der Waals surface area contributed by atoms with Gasteiger partial charge in [0, 0.05) is 18.6 Å². The summed E-state index contributed by atoms with van der Waals surface area (Å²) in [7, 11) is 1.93. The molecular weight excluding hydrogens is 204 g/mol. The van der Waals surface area contributed by atoms with Crippen LogP contribution in [0.5, 0.6) is 0 Å². The monoisotopic (exact) mass is 226 g/mol. The first-order valence-corrected chi connectivity index (χ1v) is 6.28. The normalized spacial score (nSPS) is 33.7. The van der Waals surface area contributed by atoms with Gasteiger partial charge >= 0.3 is 0 Å². The van der Waals surface area contributed by atoms with Crippen molar-refractivity contribution in [1.82, 2.24) is 9.80 Å². The number of likely N-dealkylation sites (N-methyl/N-ethyl adjacent to an activating group) is 1. The second-order valence-corrected chi connectivity index (χ2v) is 5.14. The van der Waals surface area contributed by atoms with Crippen LogP contribution in [0.4, 0.5) is 0 Å². The molecule has 0 aromatic rings. The van der Waals surface area contributed by atoms with Gasteiger partial charge in [-0.15, -0.1) is 0 Å². The number of carbonyl (C=O) groups is 1. The summed E-state index contributed by atoms with van der Waals surface area (Å²) in [5.74, 6) is 0.120. The van der Waals surface area contributed by atoms with Gasteiger partial charge in [0.25, 0.3) is 0 Å². The maximum absolute atomic E-state index is 12.2. The minimum absolute atomic E-state index is 0.0666. The highest BCUT2D eigenvalue weighted by atomic mass is 16.3. The van der Waals surface area contributed by atoms with Gasteiger partial charge in [-0.25, -0.2) is 0 Å². The Kier molecular flexibility index (Phi) is 3.50. The van der Waals surface area contributed by atoms with Crippen molar-refractivity contribution < 1.29 is 9.90 Å². The van der Waals surface area contributed by atoms with Crippen LogP contribution in [0.2, 0.25) is 0 Å². The van der Waals surface area contributed by atoms with E-state index in [4.69, 9.17) is 0 Å². The topological polar surface area (TPSA) is 43.8 Å². The molecule has 1 N–H and O–H groups in total. The highest BCUT2D eigenvalue weighted by Crippen LogP contribution is 2.27. The minimum atomic E-state index is -0.329. The van der Waals surface area contributed by atoms with E-state index in [1.165, 1.54) is 12.8 Å². The van der Waals surface area contributed by atoms with Gasteiger partial charge in [-0.05, 0) is 26.8 Å². The first-order chi connectivity index (χ1) is 7.65. The number of hydrogen-bond acceptors (Lipinski definition) is 3. The zero-order chi connectivity index (χ0) is 11.7. The molecule has 4 heteroatoms. The number of amides is 1. The molecule has 1 aliphatic carbocycles. The second-order valence-electron chi connectivity index (χ2n) is 5.14. The van der Waals surface area contributed by atoms with E-state index in [0.29, 0.717) is 12.1 Å². The molecule has 0 radical (unpaired) electrons. The van der Waals surface area contributed by atoms with Crippen molar-refractivity contribution in [3.05, 3.63) is 0 Å². The summed E-state index contributed by atoms with van der Waals surface area (Å²) >= 11 is 0. The molecule has 0 aromatic heterocycles. The van der Waals surface area contributed by atoms with E-state index in [1.54, 1.807) is 0 Å². The van der Waals surface area contributed by atoms with Crippen LogP contribution in [0.15, 0.2) is 0 Å². The number of rotatable bonds is 2. The van der Waals surface area contributed by atoms with E-state index in [1.807, 2.05) is 16.8 Å². The molecule has 1 saturated carbocycles. The Hall–Kier alpha value is -0.610. The maximum atomic E-state index is 12.2. The lowest BCUT2D eigenvalue weighted by Gasteiger charge is -2.44. The largest absolute Gasteiger partial charge is 0.394 e. The number of nitrogens with zero attached hydrogens (tertiary/aromatic N) is 2. The number of carbonyl (C=O) groups excluding carboxylic acids is 1. The Balaban J connectivity index is 2.10. The fourth-order valence-electron chi connectivity index (χ4n) is 2.93. The Morgan fingerprint density at radius 3 is 2.56 bits per heavy atom. The highest BCUT2D eigenvalue weighted by molar-refractivity contribution is 5.83. The highest BCUT2D eigenvalue weighted by Gasteiger charge is 2.39. The molecule has 2 atom stereocenters.